The first-order valence-corrected chi connectivity index (χ1v) is 7.78. The van der Waals surface area contributed by atoms with E-state index in [0.717, 1.165) is 19.1 Å². The van der Waals surface area contributed by atoms with Gasteiger partial charge in [-0.15, -0.1) is 0 Å². The quantitative estimate of drug-likeness (QED) is 0.903. The lowest BCUT2D eigenvalue weighted by Crippen LogP contribution is -2.59. The van der Waals surface area contributed by atoms with Gasteiger partial charge in [-0.25, -0.2) is 0 Å². The number of pyridine rings is 1. The maximum atomic E-state index is 6.20. The lowest BCUT2D eigenvalue weighted by molar-refractivity contribution is 0.0220. The summed E-state index contributed by atoms with van der Waals surface area (Å²) in [7, 11) is 2.23. The van der Waals surface area contributed by atoms with Gasteiger partial charge in [0.15, 0.2) is 0 Å². The summed E-state index contributed by atoms with van der Waals surface area (Å²) in [5, 5.41) is 0. The van der Waals surface area contributed by atoms with Crippen LogP contribution in [0.1, 0.15) is 31.2 Å². The van der Waals surface area contributed by atoms with Gasteiger partial charge in [-0.2, -0.15) is 0 Å². The molecule has 2 aliphatic rings. The molecule has 0 amide bonds. The molecule has 3 heterocycles. The van der Waals surface area contributed by atoms with Gasteiger partial charge < -0.3 is 10.6 Å². The molecule has 4 nitrogen and oxygen atoms in total. The van der Waals surface area contributed by atoms with Gasteiger partial charge in [-0.1, -0.05) is 0 Å². The van der Waals surface area contributed by atoms with Crippen LogP contribution in [0.15, 0.2) is 24.5 Å². The molecule has 1 aromatic rings. The fourth-order valence-electron chi connectivity index (χ4n) is 3.93. The van der Waals surface area contributed by atoms with Gasteiger partial charge in [0.2, 0.25) is 0 Å². The highest BCUT2D eigenvalue weighted by Crippen LogP contribution is 2.36. The van der Waals surface area contributed by atoms with E-state index in [-0.39, 0.29) is 5.54 Å². The average molecular weight is 274 g/mol. The molecular formula is C16H26N4. The van der Waals surface area contributed by atoms with Crippen molar-refractivity contribution in [3.8, 4) is 0 Å². The Morgan fingerprint density at radius 2 is 2.20 bits per heavy atom. The molecule has 0 saturated carbocycles. The minimum Gasteiger partial charge on any atom is -0.329 e. The number of hydrogen-bond donors (Lipinski definition) is 1. The van der Waals surface area contributed by atoms with E-state index in [4.69, 9.17) is 5.73 Å². The molecule has 2 unspecified atom stereocenters. The molecular weight excluding hydrogens is 248 g/mol. The predicted molar refractivity (Wildman–Crippen MR) is 81.3 cm³/mol. The minimum atomic E-state index is 0.175. The van der Waals surface area contributed by atoms with Gasteiger partial charge in [0, 0.05) is 43.6 Å². The fraction of sp³-hybridized carbons (Fsp3) is 0.688. The second-order valence-corrected chi connectivity index (χ2v) is 6.43. The summed E-state index contributed by atoms with van der Waals surface area (Å²) in [6.07, 6.45) is 8.88. The van der Waals surface area contributed by atoms with Crippen molar-refractivity contribution in [3.05, 3.63) is 30.1 Å². The molecule has 1 aromatic heterocycles. The second kappa shape index (κ2) is 5.80. The summed E-state index contributed by atoms with van der Waals surface area (Å²) in [5.74, 6) is 0. The first-order chi connectivity index (χ1) is 9.73. The van der Waals surface area contributed by atoms with Crippen LogP contribution in [0.5, 0.6) is 0 Å². The second-order valence-electron chi connectivity index (χ2n) is 6.43. The summed E-state index contributed by atoms with van der Waals surface area (Å²) >= 11 is 0. The molecule has 2 atom stereocenters. The van der Waals surface area contributed by atoms with Crippen LogP contribution in [0.2, 0.25) is 0 Å². The number of likely N-dealkylation sites (N-methyl/N-ethyl adjacent to an activating group) is 1. The monoisotopic (exact) mass is 274 g/mol. The number of piperidine rings is 1. The molecule has 0 spiro atoms. The Labute approximate surface area is 122 Å². The molecule has 0 bridgehead atoms. The Balaban J connectivity index is 1.71. The van der Waals surface area contributed by atoms with Crippen LogP contribution in [0.25, 0.3) is 0 Å². The zero-order valence-corrected chi connectivity index (χ0v) is 12.5. The molecule has 4 heteroatoms. The Morgan fingerprint density at radius 1 is 1.40 bits per heavy atom. The average Bonchev–Trinajstić information content (AvgIpc) is 2.95. The fourth-order valence-corrected chi connectivity index (χ4v) is 3.93. The van der Waals surface area contributed by atoms with Crippen molar-refractivity contribution in [1.82, 2.24) is 14.8 Å². The maximum absolute atomic E-state index is 6.20. The molecule has 0 radical (unpaired) electrons. The Morgan fingerprint density at radius 3 is 2.95 bits per heavy atom. The summed E-state index contributed by atoms with van der Waals surface area (Å²) < 4.78 is 0. The summed E-state index contributed by atoms with van der Waals surface area (Å²) in [6, 6.07) is 4.96. The topological polar surface area (TPSA) is 45.4 Å². The number of rotatable bonds is 4. The van der Waals surface area contributed by atoms with Crippen molar-refractivity contribution in [3.63, 3.8) is 0 Å². The van der Waals surface area contributed by atoms with Gasteiger partial charge >= 0.3 is 0 Å². The molecule has 2 N–H and O–H groups in total. The van der Waals surface area contributed by atoms with Crippen LogP contribution >= 0.6 is 0 Å². The smallest absolute Gasteiger partial charge is 0.0359 e. The van der Waals surface area contributed by atoms with Crippen molar-refractivity contribution >= 4 is 0 Å². The lowest BCUT2D eigenvalue weighted by Gasteiger charge is -2.49. The predicted octanol–water partition coefficient (Wildman–Crippen LogP) is 1.47. The van der Waals surface area contributed by atoms with Crippen molar-refractivity contribution in [2.24, 2.45) is 5.73 Å². The normalized spacial score (nSPS) is 30.6. The van der Waals surface area contributed by atoms with Gasteiger partial charge in [0.25, 0.3) is 0 Å². The molecule has 2 aliphatic heterocycles. The Bertz CT molecular complexity index is 435. The molecule has 110 valence electrons. The first kappa shape index (κ1) is 14.0. The Kier molecular flexibility index (Phi) is 4.06. The largest absolute Gasteiger partial charge is 0.329 e. The Hall–Kier alpha value is -0.970. The van der Waals surface area contributed by atoms with Crippen molar-refractivity contribution < 1.29 is 0 Å². The third-order valence-electron chi connectivity index (χ3n) is 5.34. The lowest BCUT2D eigenvalue weighted by atomic mass is 9.81. The van der Waals surface area contributed by atoms with Crippen molar-refractivity contribution in [2.75, 3.05) is 26.7 Å². The van der Waals surface area contributed by atoms with E-state index in [2.05, 4.69) is 34.0 Å². The van der Waals surface area contributed by atoms with Crippen LogP contribution in [0.3, 0.4) is 0 Å². The van der Waals surface area contributed by atoms with Gasteiger partial charge in [0.1, 0.15) is 0 Å². The van der Waals surface area contributed by atoms with E-state index in [0.29, 0.717) is 0 Å². The SMILES string of the molecule is CN(Cc1ccncc1)C1(CN)CCN2CCCC2C1. The van der Waals surface area contributed by atoms with E-state index < -0.39 is 0 Å². The van der Waals surface area contributed by atoms with Gasteiger partial charge in [-0.05, 0) is 57.0 Å². The standard InChI is InChI=1S/C16H26N4/c1-19(12-14-4-7-18-8-5-14)16(13-17)6-10-20-9-2-3-15(20)11-16/h4-5,7-8,15H,2-3,6,9-13,17H2,1H3. The van der Waals surface area contributed by atoms with Gasteiger partial charge in [-0.3, -0.25) is 9.88 Å². The van der Waals surface area contributed by atoms with E-state index in [1.165, 1.54) is 44.3 Å². The molecule has 2 saturated heterocycles. The van der Waals surface area contributed by atoms with Crippen LogP contribution in [0.4, 0.5) is 0 Å². The molecule has 0 aliphatic carbocycles. The van der Waals surface area contributed by atoms with Crippen LogP contribution in [-0.4, -0.2) is 53.0 Å². The number of hydrogen-bond acceptors (Lipinski definition) is 4. The molecule has 0 aromatic carbocycles. The molecule has 2 fully saturated rings. The van der Waals surface area contributed by atoms with Crippen molar-refractivity contribution in [1.29, 1.82) is 0 Å². The molecule has 3 rings (SSSR count). The highest BCUT2D eigenvalue weighted by Gasteiger charge is 2.42. The minimum absolute atomic E-state index is 0.175. The van der Waals surface area contributed by atoms with Crippen LogP contribution in [0, 0.1) is 0 Å². The van der Waals surface area contributed by atoms with Crippen LogP contribution in [-0.2, 0) is 6.54 Å². The van der Waals surface area contributed by atoms with E-state index >= 15 is 0 Å². The maximum Gasteiger partial charge on any atom is 0.0359 e. The highest BCUT2D eigenvalue weighted by molar-refractivity contribution is 5.11. The highest BCUT2D eigenvalue weighted by atomic mass is 15.3. The number of aromatic nitrogens is 1. The number of fused-ring (bicyclic) bond motifs is 1. The summed E-state index contributed by atoms with van der Waals surface area (Å²) in [6.45, 7) is 4.23. The van der Waals surface area contributed by atoms with E-state index in [1.54, 1.807) is 0 Å². The van der Waals surface area contributed by atoms with E-state index in [1.807, 2.05) is 12.4 Å². The first-order valence-electron chi connectivity index (χ1n) is 7.78. The number of nitrogens with zero attached hydrogens (tertiary/aromatic N) is 3. The van der Waals surface area contributed by atoms with Gasteiger partial charge in [0.05, 0.1) is 0 Å². The van der Waals surface area contributed by atoms with E-state index in [9.17, 15) is 0 Å². The third-order valence-corrected chi connectivity index (χ3v) is 5.34. The molecule has 20 heavy (non-hydrogen) atoms. The third kappa shape index (κ3) is 2.60. The van der Waals surface area contributed by atoms with Crippen LogP contribution < -0.4 is 5.73 Å². The van der Waals surface area contributed by atoms with Crippen molar-refractivity contribution in [2.45, 2.75) is 43.8 Å². The summed E-state index contributed by atoms with van der Waals surface area (Å²) in [5.41, 5.74) is 7.70. The zero-order valence-electron chi connectivity index (χ0n) is 12.5. The number of nitrogens with two attached hydrogens (primary N) is 1. The summed E-state index contributed by atoms with van der Waals surface area (Å²) in [4.78, 5) is 9.24. The zero-order chi connectivity index (χ0) is 14.0.